The number of ether oxygens (including phenoxy) is 2. The van der Waals surface area contributed by atoms with Gasteiger partial charge in [-0.2, -0.15) is 0 Å². The van der Waals surface area contributed by atoms with Gasteiger partial charge < -0.3 is 9.47 Å². The molecule has 2 nitrogen and oxygen atoms in total. The first-order valence-corrected chi connectivity index (χ1v) is 6.24. The van der Waals surface area contributed by atoms with Crippen LogP contribution in [0.4, 0.5) is 0 Å². The van der Waals surface area contributed by atoms with Crippen LogP contribution in [0.25, 0.3) is 0 Å². The molecule has 0 aliphatic carbocycles. The topological polar surface area (TPSA) is 18.5 Å². The Labute approximate surface area is 103 Å². The van der Waals surface area contributed by atoms with Crippen molar-refractivity contribution in [1.29, 1.82) is 0 Å². The highest BCUT2D eigenvalue weighted by Crippen LogP contribution is 2.19. The number of benzene rings is 1. The second-order valence-electron chi connectivity index (χ2n) is 4.52. The van der Waals surface area contributed by atoms with Crippen molar-refractivity contribution in [2.45, 2.75) is 20.0 Å². The van der Waals surface area contributed by atoms with E-state index in [1.165, 1.54) is 11.1 Å². The lowest BCUT2D eigenvalue weighted by Crippen LogP contribution is -1.97. The number of rotatable bonds is 5. The molecule has 92 valence electrons. The van der Waals surface area contributed by atoms with Crippen molar-refractivity contribution in [3.63, 3.8) is 0 Å². The van der Waals surface area contributed by atoms with E-state index < -0.39 is 0 Å². The second kappa shape index (κ2) is 6.58. The highest BCUT2D eigenvalue weighted by atomic mass is 16.5. The molecule has 1 aliphatic rings. The van der Waals surface area contributed by atoms with Crippen LogP contribution in [0, 0.1) is 5.92 Å². The SMILES string of the molecule is C[C@@H]1COC/C1=C\CCOCc1ccccc1. The minimum absolute atomic E-state index is 0.587. The van der Waals surface area contributed by atoms with Crippen molar-refractivity contribution in [2.75, 3.05) is 19.8 Å². The molecule has 1 aliphatic heterocycles. The molecule has 0 spiro atoms. The van der Waals surface area contributed by atoms with Crippen LogP contribution in [-0.4, -0.2) is 19.8 Å². The Kier molecular flexibility index (Phi) is 4.77. The fourth-order valence-corrected chi connectivity index (χ4v) is 1.95. The summed E-state index contributed by atoms with van der Waals surface area (Å²) in [5.74, 6) is 0.587. The van der Waals surface area contributed by atoms with E-state index in [9.17, 15) is 0 Å². The summed E-state index contributed by atoms with van der Waals surface area (Å²) in [6.07, 6.45) is 3.25. The van der Waals surface area contributed by atoms with Crippen LogP contribution < -0.4 is 0 Å². The zero-order valence-electron chi connectivity index (χ0n) is 10.4. The summed E-state index contributed by atoms with van der Waals surface area (Å²) in [6, 6.07) is 10.3. The van der Waals surface area contributed by atoms with Gasteiger partial charge in [0.25, 0.3) is 0 Å². The molecule has 2 heteroatoms. The Balaban J connectivity index is 1.64. The maximum Gasteiger partial charge on any atom is 0.0717 e. The summed E-state index contributed by atoms with van der Waals surface area (Å²) < 4.78 is 11.0. The monoisotopic (exact) mass is 232 g/mol. The van der Waals surface area contributed by atoms with E-state index in [1.807, 2.05) is 18.2 Å². The molecule has 1 saturated heterocycles. The lowest BCUT2D eigenvalue weighted by Gasteiger charge is -2.04. The molecule has 0 aromatic heterocycles. The number of hydrogen-bond donors (Lipinski definition) is 0. The zero-order valence-corrected chi connectivity index (χ0v) is 10.4. The van der Waals surface area contributed by atoms with Crippen LogP contribution in [0.2, 0.25) is 0 Å². The average molecular weight is 232 g/mol. The van der Waals surface area contributed by atoms with Crippen molar-refractivity contribution in [1.82, 2.24) is 0 Å². The normalized spacial score (nSPS) is 22.2. The zero-order chi connectivity index (χ0) is 11.9. The minimum atomic E-state index is 0.587. The predicted octanol–water partition coefficient (Wildman–Crippen LogP) is 3.19. The van der Waals surface area contributed by atoms with Crippen molar-refractivity contribution in [2.24, 2.45) is 5.92 Å². The molecule has 1 atom stereocenters. The summed E-state index contributed by atoms with van der Waals surface area (Å²) in [5, 5.41) is 0. The van der Waals surface area contributed by atoms with Crippen molar-refractivity contribution < 1.29 is 9.47 Å². The van der Waals surface area contributed by atoms with Gasteiger partial charge in [-0.25, -0.2) is 0 Å². The van der Waals surface area contributed by atoms with Gasteiger partial charge in [0.2, 0.25) is 0 Å². The molecule has 17 heavy (non-hydrogen) atoms. The highest BCUT2D eigenvalue weighted by molar-refractivity contribution is 5.13. The third-order valence-electron chi connectivity index (χ3n) is 3.05. The Hall–Kier alpha value is -1.12. The lowest BCUT2D eigenvalue weighted by molar-refractivity contribution is 0.125. The van der Waals surface area contributed by atoms with E-state index in [1.54, 1.807) is 0 Å². The van der Waals surface area contributed by atoms with Crippen molar-refractivity contribution in [3.05, 3.63) is 47.5 Å². The minimum Gasteiger partial charge on any atom is -0.376 e. The van der Waals surface area contributed by atoms with Gasteiger partial charge in [0.05, 0.1) is 26.4 Å². The molecule has 0 saturated carbocycles. The van der Waals surface area contributed by atoms with Gasteiger partial charge in [-0.15, -0.1) is 0 Å². The van der Waals surface area contributed by atoms with E-state index in [2.05, 4.69) is 25.1 Å². The quantitative estimate of drug-likeness (QED) is 0.573. The van der Waals surface area contributed by atoms with Crippen molar-refractivity contribution >= 4 is 0 Å². The molecule has 1 heterocycles. The van der Waals surface area contributed by atoms with Crippen LogP contribution in [0.15, 0.2) is 42.0 Å². The standard InChI is InChI=1S/C15H20O2/c1-13-10-17-12-15(13)8-5-9-16-11-14-6-3-2-4-7-14/h2-4,6-8,13H,5,9-12H2,1H3/b15-8+/t13-/m1/s1. The number of hydrogen-bond acceptors (Lipinski definition) is 2. The van der Waals surface area contributed by atoms with Gasteiger partial charge in [-0.3, -0.25) is 0 Å². The van der Waals surface area contributed by atoms with E-state index in [4.69, 9.17) is 9.47 Å². The molecule has 0 N–H and O–H groups in total. The van der Waals surface area contributed by atoms with Gasteiger partial charge in [-0.05, 0) is 17.6 Å². The fourth-order valence-electron chi connectivity index (χ4n) is 1.95. The first-order chi connectivity index (χ1) is 8.36. The molecular weight excluding hydrogens is 212 g/mol. The van der Waals surface area contributed by atoms with Crippen LogP contribution in [0.1, 0.15) is 18.9 Å². The molecule has 1 aromatic rings. The third-order valence-corrected chi connectivity index (χ3v) is 3.05. The van der Waals surface area contributed by atoms with Gasteiger partial charge in [-0.1, -0.05) is 43.3 Å². The van der Waals surface area contributed by atoms with Gasteiger partial charge in [0.1, 0.15) is 0 Å². The first-order valence-electron chi connectivity index (χ1n) is 6.24. The van der Waals surface area contributed by atoms with E-state index in [0.29, 0.717) is 12.5 Å². The van der Waals surface area contributed by atoms with Crippen LogP contribution in [0.5, 0.6) is 0 Å². The summed E-state index contributed by atoms with van der Waals surface area (Å²) in [7, 11) is 0. The molecule has 1 aromatic carbocycles. The Morgan fingerprint density at radius 3 is 2.88 bits per heavy atom. The van der Waals surface area contributed by atoms with Crippen LogP contribution in [-0.2, 0) is 16.1 Å². The maximum atomic E-state index is 5.63. The fraction of sp³-hybridized carbons (Fsp3) is 0.467. The smallest absolute Gasteiger partial charge is 0.0717 e. The van der Waals surface area contributed by atoms with Gasteiger partial charge >= 0.3 is 0 Å². The maximum absolute atomic E-state index is 5.63. The van der Waals surface area contributed by atoms with E-state index in [-0.39, 0.29) is 0 Å². The Morgan fingerprint density at radius 2 is 2.18 bits per heavy atom. The van der Waals surface area contributed by atoms with E-state index in [0.717, 1.165) is 26.2 Å². The Morgan fingerprint density at radius 1 is 1.35 bits per heavy atom. The summed E-state index contributed by atoms with van der Waals surface area (Å²) >= 11 is 0. The third kappa shape index (κ3) is 3.99. The molecule has 0 bridgehead atoms. The van der Waals surface area contributed by atoms with Gasteiger partial charge in [0.15, 0.2) is 0 Å². The van der Waals surface area contributed by atoms with Crippen LogP contribution in [0.3, 0.4) is 0 Å². The van der Waals surface area contributed by atoms with Gasteiger partial charge in [0, 0.05) is 5.92 Å². The lowest BCUT2D eigenvalue weighted by atomic mass is 10.0. The molecule has 0 radical (unpaired) electrons. The van der Waals surface area contributed by atoms with Crippen molar-refractivity contribution in [3.8, 4) is 0 Å². The molecule has 0 amide bonds. The summed E-state index contributed by atoms with van der Waals surface area (Å²) in [5.41, 5.74) is 2.66. The molecule has 2 rings (SSSR count). The average Bonchev–Trinajstić information content (AvgIpc) is 2.76. The molecule has 0 unspecified atom stereocenters. The largest absolute Gasteiger partial charge is 0.376 e. The Bertz CT molecular complexity index is 356. The molecular formula is C15H20O2. The summed E-state index contributed by atoms with van der Waals surface area (Å²) in [4.78, 5) is 0. The first kappa shape index (κ1) is 12.3. The highest BCUT2D eigenvalue weighted by Gasteiger charge is 2.15. The summed E-state index contributed by atoms with van der Waals surface area (Å²) in [6.45, 7) is 5.38. The predicted molar refractivity (Wildman–Crippen MR) is 68.8 cm³/mol. The van der Waals surface area contributed by atoms with Crippen LogP contribution >= 0.6 is 0 Å². The molecule has 1 fully saturated rings. The second-order valence-corrected chi connectivity index (χ2v) is 4.52. The van der Waals surface area contributed by atoms with E-state index >= 15 is 0 Å².